The summed E-state index contributed by atoms with van der Waals surface area (Å²) in [5, 5.41) is 2.91. The van der Waals surface area contributed by atoms with E-state index in [1.807, 2.05) is 30.3 Å². The molecule has 0 aliphatic rings. The second kappa shape index (κ2) is 8.29. The molecule has 0 saturated carbocycles. The Morgan fingerprint density at radius 1 is 1.00 bits per heavy atom. The Hall–Kier alpha value is -2.62. The molecule has 24 heavy (non-hydrogen) atoms. The van der Waals surface area contributed by atoms with Gasteiger partial charge in [0, 0.05) is 12.1 Å². The summed E-state index contributed by atoms with van der Waals surface area (Å²) in [6.45, 7) is 5.85. The number of hydrogen-bond acceptors (Lipinski definition) is 3. The monoisotopic (exact) mass is 325 g/mol. The first kappa shape index (κ1) is 17.7. The van der Waals surface area contributed by atoms with E-state index in [4.69, 9.17) is 4.74 Å². The van der Waals surface area contributed by atoms with Gasteiger partial charge in [0.05, 0.1) is 0 Å². The maximum Gasteiger partial charge on any atom is 0.260 e. The van der Waals surface area contributed by atoms with Crippen LogP contribution in [0.4, 0.5) is 0 Å². The SMILES string of the molecule is CC(=O)c1ccc(O[C@@H](C)C(=O)NC[C@H](C)c2ccccc2)cc1. The average molecular weight is 325 g/mol. The van der Waals surface area contributed by atoms with E-state index < -0.39 is 6.10 Å². The topological polar surface area (TPSA) is 55.4 Å². The average Bonchev–Trinajstić information content (AvgIpc) is 2.60. The summed E-state index contributed by atoms with van der Waals surface area (Å²) in [6, 6.07) is 16.8. The van der Waals surface area contributed by atoms with Gasteiger partial charge in [-0.1, -0.05) is 37.3 Å². The molecule has 0 bridgehead atoms. The van der Waals surface area contributed by atoms with Crippen molar-refractivity contribution in [3.63, 3.8) is 0 Å². The molecule has 0 aliphatic heterocycles. The second-order valence-corrected chi connectivity index (χ2v) is 5.90. The first-order valence-electron chi connectivity index (χ1n) is 8.07. The number of amides is 1. The fourth-order valence-electron chi connectivity index (χ4n) is 2.32. The van der Waals surface area contributed by atoms with E-state index >= 15 is 0 Å². The quantitative estimate of drug-likeness (QED) is 0.792. The maximum absolute atomic E-state index is 12.2. The number of benzene rings is 2. The normalized spacial score (nSPS) is 13.0. The molecule has 4 heteroatoms. The van der Waals surface area contributed by atoms with Crippen LogP contribution in [0, 0.1) is 0 Å². The molecule has 2 rings (SSSR count). The van der Waals surface area contributed by atoms with Gasteiger partial charge < -0.3 is 10.1 Å². The lowest BCUT2D eigenvalue weighted by atomic mass is 10.0. The zero-order chi connectivity index (χ0) is 17.5. The van der Waals surface area contributed by atoms with Crippen LogP contribution in [0.1, 0.15) is 42.6 Å². The molecule has 0 unspecified atom stereocenters. The molecule has 1 N–H and O–H groups in total. The van der Waals surface area contributed by atoms with Gasteiger partial charge in [-0.2, -0.15) is 0 Å². The largest absolute Gasteiger partial charge is 0.481 e. The predicted molar refractivity (Wildman–Crippen MR) is 94.4 cm³/mol. The van der Waals surface area contributed by atoms with Crippen LogP contribution in [0.15, 0.2) is 54.6 Å². The fraction of sp³-hybridized carbons (Fsp3) is 0.300. The number of hydrogen-bond donors (Lipinski definition) is 1. The molecule has 0 radical (unpaired) electrons. The second-order valence-electron chi connectivity index (χ2n) is 5.90. The molecule has 0 aliphatic carbocycles. The van der Waals surface area contributed by atoms with Gasteiger partial charge in [0.2, 0.25) is 0 Å². The third-order valence-corrected chi connectivity index (χ3v) is 3.89. The summed E-state index contributed by atoms with van der Waals surface area (Å²) in [7, 11) is 0. The van der Waals surface area contributed by atoms with Crippen molar-refractivity contribution < 1.29 is 14.3 Å². The number of nitrogens with one attached hydrogen (secondary N) is 1. The van der Waals surface area contributed by atoms with Crippen LogP contribution in [-0.2, 0) is 4.79 Å². The van der Waals surface area contributed by atoms with Crippen molar-refractivity contribution in [2.45, 2.75) is 32.8 Å². The Bertz CT molecular complexity index is 680. The Kier molecular flexibility index (Phi) is 6.13. The van der Waals surface area contributed by atoms with Gasteiger partial charge in [-0.05, 0) is 49.6 Å². The Morgan fingerprint density at radius 2 is 1.62 bits per heavy atom. The Morgan fingerprint density at radius 3 is 2.21 bits per heavy atom. The Labute approximate surface area is 142 Å². The molecular formula is C20H23NO3. The molecule has 1 amide bonds. The van der Waals surface area contributed by atoms with Crippen LogP contribution in [-0.4, -0.2) is 24.3 Å². The van der Waals surface area contributed by atoms with Gasteiger partial charge in [0.15, 0.2) is 11.9 Å². The molecule has 0 aromatic heterocycles. The van der Waals surface area contributed by atoms with Gasteiger partial charge in [-0.15, -0.1) is 0 Å². The zero-order valence-electron chi connectivity index (χ0n) is 14.3. The lowest BCUT2D eigenvalue weighted by Gasteiger charge is -2.17. The van der Waals surface area contributed by atoms with Gasteiger partial charge in [-0.25, -0.2) is 0 Å². The van der Waals surface area contributed by atoms with E-state index in [1.54, 1.807) is 31.2 Å². The lowest BCUT2D eigenvalue weighted by molar-refractivity contribution is -0.127. The number of ketones is 1. The van der Waals surface area contributed by atoms with Crippen LogP contribution in [0.25, 0.3) is 0 Å². The molecular weight excluding hydrogens is 302 g/mol. The third kappa shape index (κ3) is 4.95. The Balaban J connectivity index is 1.84. The van der Waals surface area contributed by atoms with Crippen LogP contribution < -0.4 is 10.1 Å². The minimum absolute atomic E-state index is 0.00208. The number of Topliss-reactive ketones (excluding diaryl/α,β-unsaturated/α-hetero) is 1. The van der Waals surface area contributed by atoms with Gasteiger partial charge >= 0.3 is 0 Å². The number of carbonyl (C=O) groups excluding carboxylic acids is 2. The molecule has 2 aromatic rings. The standard InChI is InChI=1S/C20H23NO3/c1-14(17-7-5-4-6-8-17)13-21-20(23)16(3)24-19-11-9-18(10-12-19)15(2)22/h4-12,14,16H,13H2,1-3H3,(H,21,23)/t14-,16-/m0/s1. The molecule has 0 spiro atoms. The van der Waals surface area contributed by atoms with Crippen LogP contribution in [0.2, 0.25) is 0 Å². The van der Waals surface area contributed by atoms with Crippen molar-refractivity contribution >= 4 is 11.7 Å². The summed E-state index contributed by atoms with van der Waals surface area (Å²) < 4.78 is 5.63. The van der Waals surface area contributed by atoms with E-state index in [9.17, 15) is 9.59 Å². The van der Waals surface area contributed by atoms with E-state index in [0.717, 1.165) is 0 Å². The molecule has 126 valence electrons. The molecule has 4 nitrogen and oxygen atoms in total. The van der Waals surface area contributed by atoms with E-state index in [0.29, 0.717) is 17.9 Å². The van der Waals surface area contributed by atoms with Crippen LogP contribution in [0.3, 0.4) is 0 Å². The van der Waals surface area contributed by atoms with E-state index in [2.05, 4.69) is 12.2 Å². The zero-order valence-corrected chi connectivity index (χ0v) is 14.3. The highest BCUT2D eigenvalue weighted by Gasteiger charge is 2.16. The highest BCUT2D eigenvalue weighted by atomic mass is 16.5. The smallest absolute Gasteiger partial charge is 0.260 e. The van der Waals surface area contributed by atoms with Crippen LogP contribution >= 0.6 is 0 Å². The van der Waals surface area contributed by atoms with Gasteiger partial charge in [0.25, 0.3) is 5.91 Å². The van der Waals surface area contributed by atoms with E-state index in [1.165, 1.54) is 12.5 Å². The third-order valence-electron chi connectivity index (χ3n) is 3.89. The molecule has 2 aromatic carbocycles. The highest BCUT2D eigenvalue weighted by molar-refractivity contribution is 5.94. The number of ether oxygens (including phenoxy) is 1. The predicted octanol–water partition coefficient (Wildman–Crippen LogP) is 3.58. The number of carbonyl (C=O) groups is 2. The molecule has 0 fully saturated rings. The first-order valence-corrected chi connectivity index (χ1v) is 8.07. The maximum atomic E-state index is 12.2. The first-order chi connectivity index (χ1) is 11.5. The minimum atomic E-state index is -0.601. The fourth-order valence-corrected chi connectivity index (χ4v) is 2.32. The summed E-state index contributed by atoms with van der Waals surface area (Å²) in [5.41, 5.74) is 1.81. The van der Waals surface area contributed by atoms with Crippen molar-refractivity contribution in [1.82, 2.24) is 5.32 Å². The molecule has 0 saturated heterocycles. The van der Waals surface area contributed by atoms with E-state index in [-0.39, 0.29) is 17.6 Å². The van der Waals surface area contributed by atoms with Crippen molar-refractivity contribution in [2.75, 3.05) is 6.54 Å². The van der Waals surface area contributed by atoms with Crippen LogP contribution in [0.5, 0.6) is 5.75 Å². The van der Waals surface area contributed by atoms with Gasteiger partial charge in [0.1, 0.15) is 5.75 Å². The number of rotatable bonds is 7. The molecule has 0 heterocycles. The van der Waals surface area contributed by atoms with Gasteiger partial charge in [-0.3, -0.25) is 9.59 Å². The summed E-state index contributed by atoms with van der Waals surface area (Å²) in [4.78, 5) is 23.4. The molecule has 2 atom stereocenters. The van der Waals surface area contributed by atoms with Crippen molar-refractivity contribution in [3.8, 4) is 5.75 Å². The summed E-state index contributed by atoms with van der Waals surface area (Å²) in [5.74, 6) is 0.645. The van der Waals surface area contributed by atoms with Crippen molar-refractivity contribution in [1.29, 1.82) is 0 Å². The lowest BCUT2D eigenvalue weighted by Crippen LogP contribution is -2.38. The van der Waals surface area contributed by atoms with Crippen molar-refractivity contribution in [3.05, 3.63) is 65.7 Å². The highest BCUT2D eigenvalue weighted by Crippen LogP contribution is 2.15. The summed E-state index contributed by atoms with van der Waals surface area (Å²) >= 11 is 0. The summed E-state index contributed by atoms with van der Waals surface area (Å²) in [6.07, 6.45) is -0.601. The minimum Gasteiger partial charge on any atom is -0.481 e. The van der Waals surface area contributed by atoms with Crippen molar-refractivity contribution in [2.24, 2.45) is 0 Å².